The molecule has 2 amide bonds. The predicted molar refractivity (Wildman–Crippen MR) is 92.5 cm³/mol. The third kappa shape index (κ3) is 3.78. The van der Waals surface area contributed by atoms with Crippen LogP contribution in [0.4, 0.5) is 13.6 Å². The molecule has 1 fully saturated rings. The van der Waals surface area contributed by atoms with Gasteiger partial charge in [-0.1, -0.05) is 20.8 Å². The summed E-state index contributed by atoms with van der Waals surface area (Å²) in [4.78, 5) is 27.1. The molecule has 0 aromatic heterocycles. The van der Waals surface area contributed by atoms with Gasteiger partial charge >= 0.3 is 6.09 Å². The maximum Gasteiger partial charge on any atom is 0.407 e. The molecular formula is C17H21BrF2N2O3. The highest BCUT2D eigenvalue weighted by molar-refractivity contribution is 9.10. The first-order valence-electron chi connectivity index (χ1n) is 7.90. The molecule has 0 bridgehead atoms. The average molecular weight is 419 g/mol. The van der Waals surface area contributed by atoms with Crippen LogP contribution >= 0.6 is 15.9 Å². The van der Waals surface area contributed by atoms with E-state index in [0.717, 1.165) is 12.1 Å². The second kappa shape index (κ2) is 6.90. The number of carboxylic acid groups (broad SMARTS) is 1. The lowest BCUT2D eigenvalue weighted by atomic mass is 9.79. The molecule has 0 spiro atoms. The normalized spacial score (nSPS) is 21.4. The van der Waals surface area contributed by atoms with Gasteiger partial charge in [0.15, 0.2) is 0 Å². The van der Waals surface area contributed by atoms with E-state index in [-0.39, 0.29) is 23.1 Å². The van der Waals surface area contributed by atoms with Crippen LogP contribution in [-0.2, 0) is 0 Å². The molecule has 8 heteroatoms. The van der Waals surface area contributed by atoms with Crippen LogP contribution in [-0.4, -0.2) is 52.1 Å². The van der Waals surface area contributed by atoms with Crippen LogP contribution in [0.3, 0.4) is 0 Å². The molecule has 138 valence electrons. The number of rotatable bonds is 1. The van der Waals surface area contributed by atoms with E-state index >= 15 is 0 Å². The monoisotopic (exact) mass is 418 g/mol. The minimum absolute atomic E-state index is 0.0575. The minimum atomic E-state index is -1.06. The topological polar surface area (TPSA) is 60.9 Å². The van der Waals surface area contributed by atoms with Gasteiger partial charge < -0.3 is 14.9 Å². The summed E-state index contributed by atoms with van der Waals surface area (Å²) < 4.78 is 27.8. The Bertz CT molecular complexity index is 706. The Morgan fingerprint density at radius 2 is 1.72 bits per heavy atom. The first-order valence-corrected chi connectivity index (χ1v) is 8.69. The predicted octanol–water partition coefficient (Wildman–Crippen LogP) is 3.97. The smallest absolute Gasteiger partial charge is 0.407 e. The lowest BCUT2D eigenvalue weighted by molar-refractivity contribution is -0.00913. The van der Waals surface area contributed by atoms with E-state index in [1.807, 2.05) is 20.8 Å². The number of carbonyl (C=O) groups excluding carboxylic acids is 1. The van der Waals surface area contributed by atoms with Gasteiger partial charge in [0.05, 0.1) is 22.1 Å². The molecule has 1 aliphatic rings. The molecule has 5 nitrogen and oxygen atoms in total. The first kappa shape index (κ1) is 19.6. The summed E-state index contributed by atoms with van der Waals surface area (Å²) in [7, 11) is 0. The molecule has 2 atom stereocenters. The zero-order valence-electron chi connectivity index (χ0n) is 14.5. The van der Waals surface area contributed by atoms with Crippen molar-refractivity contribution in [3.63, 3.8) is 0 Å². The van der Waals surface area contributed by atoms with Gasteiger partial charge in [0.25, 0.3) is 5.91 Å². The van der Waals surface area contributed by atoms with Crippen LogP contribution < -0.4 is 0 Å². The maximum absolute atomic E-state index is 14.2. The largest absolute Gasteiger partial charge is 0.465 e. The van der Waals surface area contributed by atoms with E-state index < -0.39 is 41.1 Å². The lowest BCUT2D eigenvalue weighted by Crippen LogP contribution is -2.65. The molecule has 0 radical (unpaired) electrons. The fraction of sp³-hybridized carbons (Fsp3) is 0.529. The highest BCUT2D eigenvalue weighted by Gasteiger charge is 2.44. The second-order valence-corrected chi connectivity index (χ2v) is 8.13. The number of carbonyl (C=O) groups is 2. The lowest BCUT2D eigenvalue weighted by Gasteiger charge is -2.50. The van der Waals surface area contributed by atoms with Crippen LogP contribution in [0, 0.1) is 17.0 Å². The Kier molecular flexibility index (Phi) is 5.41. The van der Waals surface area contributed by atoms with Crippen LogP contribution in [0.2, 0.25) is 0 Å². The van der Waals surface area contributed by atoms with Crippen molar-refractivity contribution in [3.05, 3.63) is 33.8 Å². The van der Waals surface area contributed by atoms with E-state index in [4.69, 9.17) is 0 Å². The van der Waals surface area contributed by atoms with Gasteiger partial charge in [-0.05, 0) is 40.4 Å². The van der Waals surface area contributed by atoms with Crippen molar-refractivity contribution in [2.75, 3.05) is 13.1 Å². The standard InChI is InChI=1S/C17H21BrF2N2O3/c1-9-14(17(2,3)4)22(16(24)25)6-5-21(9)15(23)10-7-13(20)11(18)8-12(10)19/h7-9,14H,5-6H2,1-4H3,(H,24,25). The van der Waals surface area contributed by atoms with Gasteiger partial charge in [0, 0.05) is 13.1 Å². The van der Waals surface area contributed by atoms with Gasteiger partial charge in [-0.25, -0.2) is 13.6 Å². The summed E-state index contributed by atoms with van der Waals surface area (Å²) in [5.41, 5.74) is -0.788. The van der Waals surface area contributed by atoms with Crippen molar-refractivity contribution in [1.82, 2.24) is 9.80 Å². The summed E-state index contributed by atoms with van der Waals surface area (Å²) in [6.45, 7) is 7.63. The molecule has 1 heterocycles. The highest BCUT2D eigenvalue weighted by atomic mass is 79.9. The Labute approximate surface area is 153 Å². The highest BCUT2D eigenvalue weighted by Crippen LogP contribution is 2.33. The van der Waals surface area contributed by atoms with E-state index in [1.54, 1.807) is 6.92 Å². The van der Waals surface area contributed by atoms with Crippen LogP contribution in [0.5, 0.6) is 0 Å². The van der Waals surface area contributed by atoms with E-state index in [0.29, 0.717) is 0 Å². The number of halogens is 3. The fourth-order valence-electron chi connectivity index (χ4n) is 3.52. The summed E-state index contributed by atoms with van der Waals surface area (Å²) in [5, 5.41) is 9.45. The van der Waals surface area contributed by atoms with Gasteiger partial charge in [-0.3, -0.25) is 4.79 Å². The number of amides is 2. The fourth-order valence-corrected chi connectivity index (χ4v) is 3.84. The molecule has 0 aliphatic carbocycles. The minimum Gasteiger partial charge on any atom is -0.465 e. The molecule has 2 rings (SSSR count). The maximum atomic E-state index is 14.2. The van der Waals surface area contributed by atoms with Crippen molar-refractivity contribution >= 4 is 27.9 Å². The molecule has 0 saturated carbocycles. The summed E-state index contributed by atoms with van der Waals surface area (Å²) in [6.07, 6.45) is -1.06. The van der Waals surface area contributed by atoms with Gasteiger partial charge in [-0.2, -0.15) is 0 Å². The third-order valence-corrected chi connectivity index (χ3v) is 5.11. The van der Waals surface area contributed by atoms with Crippen molar-refractivity contribution < 1.29 is 23.5 Å². The molecule has 25 heavy (non-hydrogen) atoms. The van der Waals surface area contributed by atoms with Crippen LogP contribution in [0.15, 0.2) is 16.6 Å². The van der Waals surface area contributed by atoms with E-state index in [1.165, 1.54) is 9.80 Å². The SMILES string of the molecule is CC1C(C(C)(C)C)N(C(=O)O)CCN1C(=O)c1cc(F)c(Br)cc1F. The van der Waals surface area contributed by atoms with Crippen molar-refractivity contribution in [3.8, 4) is 0 Å². The molecular weight excluding hydrogens is 398 g/mol. The van der Waals surface area contributed by atoms with Gasteiger partial charge in [0.2, 0.25) is 0 Å². The summed E-state index contributed by atoms with van der Waals surface area (Å²) in [5.74, 6) is -2.19. The molecule has 2 unspecified atom stereocenters. The van der Waals surface area contributed by atoms with Gasteiger partial charge in [-0.15, -0.1) is 0 Å². The molecule has 1 aliphatic heterocycles. The zero-order chi connectivity index (χ0) is 19.1. The number of benzene rings is 1. The van der Waals surface area contributed by atoms with Crippen molar-refractivity contribution in [1.29, 1.82) is 0 Å². The van der Waals surface area contributed by atoms with E-state index in [2.05, 4.69) is 15.9 Å². The molecule has 1 aromatic carbocycles. The summed E-state index contributed by atoms with van der Waals surface area (Å²) >= 11 is 2.88. The zero-order valence-corrected chi connectivity index (χ0v) is 16.1. The second-order valence-electron chi connectivity index (χ2n) is 7.27. The molecule has 1 saturated heterocycles. The van der Waals surface area contributed by atoms with E-state index in [9.17, 15) is 23.5 Å². The van der Waals surface area contributed by atoms with Crippen molar-refractivity contribution in [2.45, 2.75) is 39.8 Å². The van der Waals surface area contributed by atoms with Crippen molar-refractivity contribution in [2.24, 2.45) is 5.41 Å². The molecule has 1 N–H and O–H groups in total. The Hall–Kier alpha value is -1.70. The Morgan fingerprint density at radius 3 is 2.24 bits per heavy atom. The van der Waals surface area contributed by atoms with Crippen LogP contribution in [0.25, 0.3) is 0 Å². The Balaban J connectivity index is 2.39. The third-order valence-electron chi connectivity index (χ3n) is 4.50. The quantitative estimate of drug-likeness (QED) is 0.701. The number of piperazine rings is 1. The number of hydrogen-bond acceptors (Lipinski definition) is 2. The van der Waals surface area contributed by atoms with Gasteiger partial charge in [0.1, 0.15) is 11.6 Å². The average Bonchev–Trinajstić information content (AvgIpc) is 2.48. The summed E-state index contributed by atoms with van der Waals surface area (Å²) in [6, 6.07) is 0.834. The number of hydrogen-bond donors (Lipinski definition) is 1. The first-order chi connectivity index (χ1) is 11.4. The van der Waals surface area contributed by atoms with Crippen LogP contribution in [0.1, 0.15) is 38.1 Å². The molecule has 1 aromatic rings. The Morgan fingerprint density at radius 1 is 1.16 bits per heavy atom. The number of nitrogens with zero attached hydrogens (tertiary/aromatic N) is 2.